The van der Waals surface area contributed by atoms with E-state index in [9.17, 15) is 9.59 Å². The molecule has 0 aliphatic rings. The Labute approximate surface area is 110 Å². The van der Waals surface area contributed by atoms with Crippen LogP contribution in [0.2, 0.25) is 0 Å². The maximum Gasteiger partial charge on any atom is 0.326 e. The van der Waals surface area contributed by atoms with E-state index in [1.54, 1.807) is 4.90 Å². The summed E-state index contributed by atoms with van der Waals surface area (Å²) in [7, 11) is 0. The van der Waals surface area contributed by atoms with Gasteiger partial charge in [-0.25, -0.2) is 9.59 Å². The first-order valence-corrected chi connectivity index (χ1v) is 6.74. The Bertz CT molecular complexity index is 269. The maximum atomic E-state index is 12.0. The highest BCUT2D eigenvalue weighted by Crippen LogP contribution is 2.05. The summed E-state index contributed by atoms with van der Waals surface area (Å²) in [6.45, 7) is 9.21. The Morgan fingerprint density at radius 2 is 1.89 bits per heavy atom. The predicted octanol–water partition coefficient (Wildman–Crippen LogP) is 2.32. The molecule has 0 saturated heterocycles. The Balaban J connectivity index is 4.44. The zero-order valence-electron chi connectivity index (χ0n) is 11.9. The molecule has 0 fully saturated rings. The zero-order valence-corrected chi connectivity index (χ0v) is 11.9. The predicted molar refractivity (Wildman–Crippen MR) is 71.6 cm³/mol. The minimum atomic E-state index is -0.968. The molecule has 1 unspecified atom stereocenters. The van der Waals surface area contributed by atoms with Gasteiger partial charge in [-0.15, -0.1) is 0 Å². The highest BCUT2D eigenvalue weighted by atomic mass is 16.4. The highest BCUT2D eigenvalue weighted by Gasteiger charge is 2.22. The summed E-state index contributed by atoms with van der Waals surface area (Å²) in [6.07, 6.45) is 2.19. The van der Waals surface area contributed by atoms with Crippen molar-refractivity contribution in [3.63, 3.8) is 0 Å². The van der Waals surface area contributed by atoms with Crippen molar-refractivity contribution in [3.05, 3.63) is 0 Å². The quantitative estimate of drug-likeness (QED) is 0.702. The lowest BCUT2D eigenvalue weighted by Gasteiger charge is -2.26. The van der Waals surface area contributed by atoms with Crippen molar-refractivity contribution in [1.82, 2.24) is 10.2 Å². The van der Waals surface area contributed by atoms with Gasteiger partial charge in [-0.1, -0.05) is 33.6 Å². The van der Waals surface area contributed by atoms with Crippen LogP contribution >= 0.6 is 0 Å². The van der Waals surface area contributed by atoms with Gasteiger partial charge < -0.3 is 15.3 Å². The second kappa shape index (κ2) is 8.78. The minimum Gasteiger partial charge on any atom is -0.480 e. The zero-order chi connectivity index (χ0) is 14.1. The summed E-state index contributed by atoms with van der Waals surface area (Å²) < 4.78 is 0. The van der Waals surface area contributed by atoms with Crippen molar-refractivity contribution < 1.29 is 14.7 Å². The number of hydrogen-bond donors (Lipinski definition) is 2. The largest absolute Gasteiger partial charge is 0.480 e. The van der Waals surface area contributed by atoms with Gasteiger partial charge in [0.15, 0.2) is 0 Å². The van der Waals surface area contributed by atoms with Crippen molar-refractivity contribution in [2.45, 2.75) is 53.0 Å². The molecule has 5 nitrogen and oxygen atoms in total. The van der Waals surface area contributed by atoms with Crippen LogP contribution in [0.4, 0.5) is 4.79 Å². The summed E-state index contributed by atoms with van der Waals surface area (Å²) >= 11 is 0. The number of urea groups is 1. The van der Waals surface area contributed by atoms with Gasteiger partial charge >= 0.3 is 12.0 Å². The van der Waals surface area contributed by atoms with E-state index in [0.717, 1.165) is 12.8 Å². The van der Waals surface area contributed by atoms with E-state index in [1.807, 2.05) is 13.8 Å². The molecule has 18 heavy (non-hydrogen) atoms. The molecule has 2 amide bonds. The summed E-state index contributed by atoms with van der Waals surface area (Å²) in [4.78, 5) is 24.6. The van der Waals surface area contributed by atoms with Crippen LogP contribution in [0.25, 0.3) is 0 Å². The molecule has 0 bridgehead atoms. The third kappa shape index (κ3) is 5.89. The van der Waals surface area contributed by atoms with Crippen LogP contribution in [0.1, 0.15) is 47.0 Å². The SMILES string of the molecule is CCC[C@@H](NC(=O)N(CC)CC(C)CC)C(=O)O. The summed E-state index contributed by atoms with van der Waals surface area (Å²) in [6, 6.07) is -1.06. The number of aliphatic carboxylic acids is 1. The Hall–Kier alpha value is -1.26. The molecule has 2 atom stereocenters. The molecular weight excluding hydrogens is 232 g/mol. The number of carbonyl (C=O) groups excluding carboxylic acids is 1. The fourth-order valence-corrected chi connectivity index (χ4v) is 1.65. The summed E-state index contributed by atoms with van der Waals surface area (Å²) in [5, 5.41) is 11.6. The van der Waals surface area contributed by atoms with E-state index in [2.05, 4.69) is 19.2 Å². The second-order valence-electron chi connectivity index (χ2n) is 4.68. The summed E-state index contributed by atoms with van der Waals surface area (Å²) in [5.74, 6) is -0.546. The molecular formula is C13H26N2O3. The molecule has 0 rings (SSSR count). The van der Waals surface area contributed by atoms with Gasteiger partial charge in [0.05, 0.1) is 0 Å². The van der Waals surface area contributed by atoms with E-state index in [-0.39, 0.29) is 6.03 Å². The number of carbonyl (C=O) groups is 2. The monoisotopic (exact) mass is 258 g/mol. The van der Waals surface area contributed by atoms with Gasteiger partial charge in [0, 0.05) is 13.1 Å². The molecule has 5 heteroatoms. The van der Waals surface area contributed by atoms with E-state index in [4.69, 9.17) is 5.11 Å². The first-order chi connectivity index (χ1) is 8.46. The Kier molecular flexibility index (Phi) is 8.16. The van der Waals surface area contributed by atoms with Crippen LogP contribution < -0.4 is 5.32 Å². The molecule has 0 aliphatic heterocycles. The molecule has 0 spiro atoms. The molecule has 0 heterocycles. The van der Waals surface area contributed by atoms with Crippen LogP contribution in [0.5, 0.6) is 0 Å². The minimum absolute atomic E-state index is 0.279. The number of hydrogen-bond acceptors (Lipinski definition) is 2. The van der Waals surface area contributed by atoms with Gasteiger partial charge in [-0.05, 0) is 19.3 Å². The van der Waals surface area contributed by atoms with Gasteiger partial charge in [0.2, 0.25) is 0 Å². The van der Waals surface area contributed by atoms with Gasteiger partial charge in [0.1, 0.15) is 6.04 Å². The van der Waals surface area contributed by atoms with Crippen LogP contribution in [-0.2, 0) is 4.79 Å². The normalized spacial score (nSPS) is 13.8. The van der Waals surface area contributed by atoms with E-state index in [0.29, 0.717) is 25.4 Å². The van der Waals surface area contributed by atoms with Crippen LogP contribution in [-0.4, -0.2) is 41.1 Å². The van der Waals surface area contributed by atoms with Gasteiger partial charge in [0.25, 0.3) is 0 Å². The van der Waals surface area contributed by atoms with Crippen molar-refractivity contribution >= 4 is 12.0 Å². The molecule has 0 radical (unpaired) electrons. The molecule has 0 aliphatic carbocycles. The van der Waals surface area contributed by atoms with Crippen LogP contribution in [0.15, 0.2) is 0 Å². The molecule has 0 aromatic carbocycles. The highest BCUT2D eigenvalue weighted by molar-refractivity contribution is 5.82. The fraction of sp³-hybridized carbons (Fsp3) is 0.846. The van der Waals surface area contributed by atoms with Crippen LogP contribution in [0, 0.1) is 5.92 Å². The third-order valence-electron chi connectivity index (χ3n) is 3.07. The first kappa shape index (κ1) is 16.7. The number of carboxylic acids is 1. The molecule has 0 aromatic rings. The average molecular weight is 258 g/mol. The number of nitrogens with zero attached hydrogens (tertiary/aromatic N) is 1. The number of amides is 2. The smallest absolute Gasteiger partial charge is 0.326 e. The third-order valence-corrected chi connectivity index (χ3v) is 3.07. The molecule has 0 saturated carbocycles. The lowest BCUT2D eigenvalue weighted by Crippen LogP contribution is -2.48. The van der Waals surface area contributed by atoms with Gasteiger partial charge in [-0.2, -0.15) is 0 Å². The number of nitrogens with one attached hydrogen (secondary N) is 1. The number of carboxylic acid groups (broad SMARTS) is 1. The Morgan fingerprint density at radius 3 is 2.28 bits per heavy atom. The van der Waals surface area contributed by atoms with Crippen molar-refractivity contribution in [2.75, 3.05) is 13.1 Å². The van der Waals surface area contributed by atoms with E-state index < -0.39 is 12.0 Å². The first-order valence-electron chi connectivity index (χ1n) is 6.74. The second-order valence-corrected chi connectivity index (χ2v) is 4.68. The molecule has 2 N–H and O–H groups in total. The van der Waals surface area contributed by atoms with Crippen molar-refractivity contribution in [1.29, 1.82) is 0 Å². The fourth-order valence-electron chi connectivity index (χ4n) is 1.65. The molecule has 106 valence electrons. The van der Waals surface area contributed by atoms with Crippen LogP contribution in [0.3, 0.4) is 0 Å². The van der Waals surface area contributed by atoms with E-state index in [1.165, 1.54) is 0 Å². The standard InChI is InChI=1S/C13H26N2O3/c1-5-8-11(12(16)17)14-13(18)15(7-3)9-10(4)6-2/h10-11H,5-9H2,1-4H3,(H,14,18)(H,16,17)/t10?,11-/m1/s1. The lowest BCUT2D eigenvalue weighted by atomic mass is 10.1. The topological polar surface area (TPSA) is 69.6 Å². The molecule has 0 aromatic heterocycles. The van der Waals surface area contributed by atoms with Crippen molar-refractivity contribution in [3.8, 4) is 0 Å². The number of rotatable bonds is 8. The summed E-state index contributed by atoms with van der Waals surface area (Å²) in [5.41, 5.74) is 0. The Morgan fingerprint density at radius 1 is 1.28 bits per heavy atom. The van der Waals surface area contributed by atoms with Gasteiger partial charge in [-0.3, -0.25) is 0 Å². The lowest BCUT2D eigenvalue weighted by molar-refractivity contribution is -0.139. The van der Waals surface area contributed by atoms with Crippen molar-refractivity contribution in [2.24, 2.45) is 5.92 Å². The average Bonchev–Trinajstić information content (AvgIpc) is 2.34. The van der Waals surface area contributed by atoms with E-state index >= 15 is 0 Å². The maximum absolute atomic E-state index is 12.0.